The molecule has 0 saturated heterocycles. The van der Waals surface area contributed by atoms with Gasteiger partial charge in [-0.25, -0.2) is 4.98 Å². The van der Waals surface area contributed by atoms with Crippen molar-refractivity contribution in [3.8, 4) is 0 Å². The van der Waals surface area contributed by atoms with Gasteiger partial charge in [-0.3, -0.25) is 4.98 Å². The summed E-state index contributed by atoms with van der Waals surface area (Å²) in [6.45, 7) is 0.612. The Morgan fingerprint density at radius 3 is 2.85 bits per heavy atom. The summed E-state index contributed by atoms with van der Waals surface area (Å²) in [6, 6.07) is 13.4. The van der Waals surface area contributed by atoms with Crippen LogP contribution in [0.2, 0.25) is 5.15 Å². The molecule has 0 aliphatic heterocycles. The molecule has 2 heterocycles. The van der Waals surface area contributed by atoms with Crippen LogP contribution in [0.4, 0.5) is 11.5 Å². The average Bonchev–Trinajstić information content (AvgIpc) is 2.44. The van der Waals surface area contributed by atoms with Gasteiger partial charge in [0.05, 0.1) is 5.52 Å². The number of pyridine rings is 2. The van der Waals surface area contributed by atoms with E-state index in [1.165, 1.54) is 0 Å². The first-order valence-electron chi connectivity index (χ1n) is 6.22. The molecule has 0 saturated carbocycles. The fourth-order valence-corrected chi connectivity index (χ4v) is 2.32. The van der Waals surface area contributed by atoms with Crippen LogP contribution in [0, 0.1) is 0 Å². The molecule has 0 radical (unpaired) electrons. The maximum atomic E-state index is 5.88. The summed E-state index contributed by atoms with van der Waals surface area (Å²) in [4.78, 5) is 8.60. The number of nitrogens with one attached hydrogen (secondary N) is 1. The second-order valence-electron chi connectivity index (χ2n) is 4.45. The van der Waals surface area contributed by atoms with Crippen LogP contribution < -0.4 is 11.1 Å². The Bertz CT molecular complexity index is 732. The Balaban J connectivity index is 1.87. The number of aromatic nitrogens is 2. The van der Waals surface area contributed by atoms with Crippen molar-refractivity contribution in [2.75, 3.05) is 11.1 Å². The first-order chi connectivity index (χ1) is 9.72. The Morgan fingerprint density at radius 1 is 1.15 bits per heavy atom. The van der Waals surface area contributed by atoms with Crippen LogP contribution in [0.25, 0.3) is 10.9 Å². The van der Waals surface area contributed by atoms with E-state index in [0.29, 0.717) is 23.2 Å². The largest absolute Gasteiger partial charge is 0.399 e. The molecule has 0 unspecified atom stereocenters. The molecule has 1 aromatic carbocycles. The summed E-state index contributed by atoms with van der Waals surface area (Å²) < 4.78 is 0. The number of para-hydroxylation sites is 1. The van der Waals surface area contributed by atoms with Crippen LogP contribution in [-0.4, -0.2) is 9.97 Å². The molecule has 0 bridgehead atoms. The van der Waals surface area contributed by atoms with E-state index in [1.807, 2.05) is 30.3 Å². The maximum absolute atomic E-state index is 5.88. The number of halogens is 1. The summed E-state index contributed by atoms with van der Waals surface area (Å²) in [5.74, 6) is 0.655. The van der Waals surface area contributed by atoms with Gasteiger partial charge in [0.2, 0.25) is 0 Å². The average molecular weight is 285 g/mol. The minimum absolute atomic E-state index is 0.378. The summed E-state index contributed by atoms with van der Waals surface area (Å²) in [6.07, 6.45) is 1.79. The standard InChI is InChI=1S/C15H13ClN4/c16-13-7-12(17)8-14(20-13)19-9-11-4-1-3-10-5-2-6-18-15(10)11/h1-8H,9H2,(H3,17,19,20). The number of nitrogens with zero attached hydrogens (tertiary/aromatic N) is 2. The first kappa shape index (κ1) is 12.7. The van der Waals surface area contributed by atoms with Crippen molar-refractivity contribution in [1.29, 1.82) is 0 Å². The summed E-state index contributed by atoms with van der Waals surface area (Å²) in [5.41, 5.74) is 8.41. The van der Waals surface area contributed by atoms with E-state index in [9.17, 15) is 0 Å². The van der Waals surface area contributed by atoms with Gasteiger partial charge in [0.1, 0.15) is 11.0 Å². The smallest absolute Gasteiger partial charge is 0.133 e. The zero-order chi connectivity index (χ0) is 13.9. The molecular weight excluding hydrogens is 272 g/mol. The highest BCUT2D eigenvalue weighted by Crippen LogP contribution is 2.19. The Morgan fingerprint density at radius 2 is 2.00 bits per heavy atom. The number of benzene rings is 1. The van der Waals surface area contributed by atoms with E-state index in [-0.39, 0.29) is 0 Å². The highest BCUT2D eigenvalue weighted by Gasteiger charge is 2.03. The van der Waals surface area contributed by atoms with Gasteiger partial charge in [0.25, 0.3) is 0 Å². The van der Waals surface area contributed by atoms with Crippen molar-refractivity contribution in [1.82, 2.24) is 9.97 Å². The molecule has 20 heavy (non-hydrogen) atoms. The van der Waals surface area contributed by atoms with E-state index >= 15 is 0 Å². The predicted octanol–water partition coefficient (Wildman–Crippen LogP) is 3.48. The molecule has 3 N–H and O–H groups in total. The number of anilines is 2. The molecule has 3 rings (SSSR count). The van der Waals surface area contributed by atoms with Crippen LogP contribution in [0.5, 0.6) is 0 Å². The molecule has 0 aliphatic carbocycles. The zero-order valence-corrected chi connectivity index (χ0v) is 11.4. The van der Waals surface area contributed by atoms with E-state index in [4.69, 9.17) is 17.3 Å². The number of fused-ring (bicyclic) bond motifs is 1. The molecule has 2 aromatic heterocycles. The Hall–Kier alpha value is -2.33. The van der Waals surface area contributed by atoms with Crippen molar-refractivity contribution in [3.05, 3.63) is 59.4 Å². The Labute approximate surface area is 121 Å². The minimum Gasteiger partial charge on any atom is -0.399 e. The molecule has 5 heteroatoms. The van der Waals surface area contributed by atoms with E-state index in [0.717, 1.165) is 16.5 Å². The van der Waals surface area contributed by atoms with Gasteiger partial charge >= 0.3 is 0 Å². The first-order valence-corrected chi connectivity index (χ1v) is 6.60. The van der Waals surface area contributed by atoms with E-state index in [2.05, 4.69) is 15.3 Å². The van der Waals surface area contributed by atoms with Gasteiger partial charge in [-0.15, -0.1) is 0 Å². The van der Waals surface area contributed by atoms with Crippen molar-refractivity contribution < 1.29 is 0 Å². The number of hydrogen-bond donors (Lipinski definition) is 2. The van der Waals surface area contributed by atoms with Gasteiger partial charge in [-0.1, -0.05) is 35.9 Å². The number of nitrogens with two attached hydrogens (primary N) is 1. The van der Waals surface area contributed by atoms with Gasteiger partial charge in [0.15, 0.2) is 0 Å². The van der Waals surface area contributed by atoms with E-state index < -0.39 is 0 Å². The summed E-state index contributed by atoms with van der Waals surface area (Å²) >= 11 is 5.88. The molecule has 4 nitrogen and oxygen atoms in total. The van der Waals surface area contributed by atoms with Crippen LogP contribution in [0.3, 0.4) is 0 Å². The fourth-order valence-electron chi connectivity index (χ4n) is 2.10. The lowest BCUT2D eigenvalue weighted by Crippen LogP contribution is -2.03. The monoisotopic (exact) mass is 284 g/mol. The lowest BCUT2D eigenvalue weighted by molar-refractivity contribution is 1.12. The lowest BCUT2D eigenvalue weighted by atomic mass is 10.1. The van der Waals surface area contributed by atoms with Gasteiger partial charge in [-0.05, 0) is 17.7 Å². The van der Waals surface area contributed by atoms with Crippen LogP contribution in [-0.2, 0) is 6.54 Å². The number of rotatable bonds is 3. The molecule has 0 atom stereocenters. The van der Waals surface area contributed by atoms with Crippen LogP contribution >= 0.6 is 11.6 Å². The quantitative estimate of drug-likeness (QED) is 0.723. The fraction of sp³-hybridized carbons (Fsp3) is 0.0667. The number of hydrogen-bond acceptors (Lipinski definition) is 4. The van der Waals surface area contributed by atoms with Gasteiger partial charge in [-0.2, -0.15) is 0 Å². The Kier molecular flexibility index (Phi) is 3.39. The summed E-state index contributed by atoms with van der Waals surface area (Å²) in [7, 11) is 0. The van der Waals surface area contributed by atoms with Crippen molar-refractivity contribution in [2.24, 2.45) is 0 Å². The molecule has 0 amide bonds. The molecular formula is C15H13ClN4. The second kappa shape index (κ2) is 5.35. The SMILES string of the molecule is Nc1cc(Cl)nc(NCc2cccc3cccnc23)c1. The molecule has 0 aliphatic rings. The van der Waals surface area contributed by atoms with Gasteiger partial charge < -0.3 is 11.1 Å². The normalized spacial score (nSPS) is 10.7. The zero-order valence-electron chi connectivity index (χ0n) is 10.7. The van der Waals surface area contributed by atoms with Crippen molar-refractivity contribution in [2.45, 2.75) is 6.54 Å². The molecule has 3 aromatic rings. The van der Waals surface area contributed by atoms with Crippen molar-refractivity contribution >= 4 is 34.0 Å². The highest BCUT2D eigenvalue weighted by atomic mass is 35.5. The lowest BCUT2D eigenvalue weighted by Gasteiger charge is -2.09. The third-order valence-corrected chi connectivity index (χ3v) is 3.19. The van der Waals surface area contributed by atoms with Crippen molar-refractivity contribution in [3.63, 3.8) is 0 Å². The van der Waals surface area contributed by atoms with Crippen LogP contribution in [0.15, 0.2) is 48.7 Å². The third-order valence-electron chi connectivity index (χ3n) is 2.99. The molecule has 0 fully saturated rings. The topological polar surface area (TPSA) is 63.8 Å². The predicted molar refractivity (Wildman–Crippen MR) is 82.7 cm³/mol. The minimum atomic E-state index is 0.378. The second-order valence-corrected chi connectivity index (χ2v) is 4.84. The molecule has 100 valence electrons. The van der Waals surface area contributed by atoms with E-state index in [1.54, 1.807) is 18.3 Å². The maximum Gasteiger partial charge on any atom is 0.133 e. The molecule has 0 spiro atoms. The number of nitrogen functional groups attached to an aromatic ring is 1. The third kappa shape index (κ3) is 2.65. The summed E-state index contributed by atoms with van der Waals surface area (Å²) in [5, 5.41) is 4.71. The van der Waals surface area contributed by atoms with Gasteiger partial charge in [0, 0.05) is 29.9 Å². The van der Waals surface area contributed by atoms with Crippen LogP contribution in [0.1, 0.15) is 5.56 Å². The highest BCUT2D eigenvalue weighted by molar-refractivity contribution is 6.29.